The van der Waals surface area contributed by atoms with Crippen LogP contribution < -0.4 is 5.32 Å². The number of nitrogens with zero attached hydrogens (tertiary/aromatic N) is 2. The molecule has 1 saturated heterocycles. The minimum absolute atomic E-state index is 0.0307. The summed E-state index contributed by atoms with van der Waals surface area (Å²) < 4.78 is 5.11. The van der Waals surface area contributed by atoms with Crippen LogP contribution in [-0.2, 0) is 6.42 Å². The molecule has 0 spiro atoms. The van der Waals surface area contributed by atoms with Gasteiger partial charge in [0.25, 0.3) is 0 Å². The lowest BCUT2D eigenvalue weighted by molar-refractivity contribution is 0.191. The van der Waals surface area contributed by atoms with Gasteiger partial charge in [0.15, 0.2) is 5.82 Å². The number of aliphatic hydroxyl groups is 1. The average molecular weight is 197 g/mol. The van der Waals surface area contributed by atoms with E-state index < -0.39 is 0 Å². The van der Waals surface area contributed by atoms with E-state index in [1.54, 1.807) is 0 Å². The van der Waals surface area contributed by atoms with E-state index in [0.717, 1.165) is 18.7 Å². The molecule has 0 unspecified atom stereocenters. The summed E-state index contributed by atoms with van der Waals surface area (Å²) in [5, 5.41) is 16.3. The molecular weight excluding hydrogens is 182 g/mol. The van der Waals surface area contributed by atoms with Gasteiger partial charge < -0.3 is 14.9 Å². The van der Waals surface area contributed by atoms with Gasteiger partial charge in [-0.15, -0.1) is 0 Å². The maximum Gasteiger partial charge on any atom is 0.243 e. The molecule has 2 rings (SSSR count). The molecule has 0 saturated carbocycles. The molecule has 1 fully saturated rings. The third kappa shape index (κ3) is 1.93. The van der Waals surface area contributed by atoms with Crippen LogP contribution in [0.15, 0.2) is 4.52 Å². The molecule has 0 aromatic carbocycles. The predicted molar refractivity (Wildman–Crippen MR) is 49.7 cm³/mol. The summed E-state index contributed by atoms with van der Waals surface area (Å²) >= 11 is 0. The van der Waals surface area contributed by atoms with E-state index in [0.29, 0.717) is 18.9 Å². The third-order valence-corrected chi connectivity index (χ3v) is 2.36. The van der Waals surface area contributed by atoms with Gasteiger partial charge in [0, 0.05) is 13.0 Å². The van der Waals surface area contributed by atoms with Gasteiger partial charge in [-0.05, 0) is 12.8 Å². The summed E-state index contributed by atoms with van der Waals surface area (Å²) in [6.45, 7) is 2.68. The molecule has 1 aliphatic heterocycles. The Morgan fingerprint density at radius 2 is 2.50 bits per heavy atom. The van der Waals surface area contributed by atoms with Gasteiger partial charge in [-0.2, -0.15) is 4.98 Å². The van der Waals surface area contributed by atoms with Gasteiger partial charge in [-0.3, -0.25) is 0 Å². The van der Waals surface area contributed by atoms with Gasteiger partial charge in [0.2, 0.25) is 5.89 Å². The van der Waals surface area contributed by atoms with Crippen LogP contribution in [0.3, 0.4) is 0 Å². The zero-order valence-corrected chi connectivity index (χ0v) is 8.23. The summed E-state index contributed by atoms with van der Waals surface area (Å²) in [7, 11) is 0. The summed E-state index contributed by atoms with van der Waals surface area (Å²) in [5.74, 6) is 1.36. The Kier molecular flexibility index (Phi) is 2.79. The van der Waals surface area contributed by atoms with E-state index in [2.05, 4.69) is 22.4 Å². The van der Waals surface area contributed by atoms with Crippen molar-refractivity contribution in [2.24, 2.45) is 0 Å². The Labute approximate surface area is 82.5 Å². The second-order valence-electron chi connectivity index (χ2n) is 3.65. The van der Waals surface area contributed by atoms with E-state index in [9.17, 15) is 5.11 Å². The number of aliphatic hydroxyl groups excluding tert-OH is 1. The maximum absolute atomic E-state index is 9.32. The SMILES string of the molecule is CCCc1noc([C@H]2C[C@@H](O)CN2)n1. The highest BCUT2D eigenvalue weighted by Gasteiger charge is 2.27. The summed E-state index contributed by atoms with van der Waals surface area (Å²) in [4.78, 5) is 4.27. The Morgan fingerprint density at radius 1 is 1.64 bits per heavy atom. The predicted octanol–water partition coefficient (Wildman–Crippen LogP) is 0.417. The summed E-state index contributed by atoms with van der Waals surface area (Å²) in [6.07, 6.45) is 2.23. The number of rotatable bonds is 3. The van der Waals surface area contributed by atoms with Crippen molar-refractivity contribution in [1.29, 1.82) is 0 Å². The number of β-amino-alcohol motifs (C(OH)–C–C–N with tert-alkyl or cyclic N) is 1. The number of aryl methyl sites for hydroxylation is 1. The smallest absolute Gasteiger partial charge is 0.243 e. The first-order chi connectivity index (χ1) is 6.79. The van der Waals surface area contributed by atoms with Gasteiger partial charge in [0.05, 0.1) is 12.1 Å². The number of hydrogen-bond acceptors (Lipinski definition) is 5. The first-order valence-corrected chi connectivity index (χ1v) is 5.03. The van der Waals surface area contributed by atoms with Crippen LogP contribution in [0.1, 0.15) is 37.5 Å². The fraction of sp³-hybridized carbons (Fsp3) is 0.778. The number of nitrogens with one attached hydrogen (secondary N) is 1. The van der Waals surface area contributed by atoms with Crippen molar-refractivity contribution in [2.45, 2.75) is 38.3 Å². The zero-order valence-electron chi connectivity index (χ0n) is 8.23. The van der Waals surface area contributed by atoms with Gasteiger partial charge in [-0.1, -0.05) is 12.1 Å². The molecule has 0 bridgehead atoms. The largest absolute Gasteiger partial charge is 0.392 e. The van der Waals surface area contributed by atoms with E-state index >= 15 is 0 Å². The fourth-order valence-electron chi connectivity index (χ4n) is 1.64. The van der Waals surface area contributed by atoms with Crippen LogP contribution in [0.5, 0.6) is 0 Å². The number of aromatic nitrogens is 2. The standard InChI is InChI=1S/C9H15N3O2/c1-2-3-8-11-9(14-12-8)7-4-6(13)5-10-7/h6-7,10,13H,2-5H2,1H3/t6-,7-/m1/s1. The summed E-state index contributed by atoms with van der Waals surface area (Å²) in [6, 6.07) is 0.0307. The molecule has 5 nitrogen and oxygen atoms in total. The molecule has 0 amide bonds. The molecule has 2 N–H and O–H groups in total. The molecular formula is C9H15N3O2. The van der Waals surface area contributed by atoms with Crippen molar-refractivity contribution >= 4 is 0 Å². The second-order valence-corrected chi connectivity index (χ2v) is 3.65. The van der Waals surface area contributed by atoms with Crippen LogP contribution in [-0.4, -0.2) is 27.9 Å². The molecule has 5 heteroatoms. The van der Waals surface area contributed by atoms with Crippen molar-refractivity contribution in [3.8, 4) is 0 Å². The normalized spacial score (nSPS) is 27.0. The monoisotopic (exact) mass is 197 g/mol. The second kappa shape index (κ2) is 4.06. The van der Waals surface area contributed by atoms with Crippen molar-refractivity contribution < 1.29 is 9.63 Å². The minimum Gasteiger partial charge on any atom is -0.392 e. The number of hydrogen-bond donors (Lipinski definition) is 2. The summed E-state index contributed by atoms with van der Waals surface area (Å²) in [5.41, 5.74) is 0. The molecule has 0 radical (unpaired) electrons. The van der Waals surface area contributed by atoms with Crippen molar-refractivity contribution in [3.63, 3.8) is 0 Å². The molecule has 2 atom stereocenters. The van der Waals surface area contributed by atoms with E-state index in [-0.39, 0.29) is 12.1 Å². The Balaban J connectivity index is 2.02. The lowest BCUT2D eigenvalue weighted by Crippen LogP contribution is -2.15. The Bertz CT molecular complexity index is 300. The molecule has 78 valence electrons. The molecule has 1 aliphatic rings. The lowest BCUT2D eigenvalue weighted by Gasteiger charge is -2.01. The van der Waals surface area contributed by atoms with Gasteiger partial charge >= 0.3 is 0 Å². The third-order valence-electron chi connectivity index (χ3n) is 2.36. The van der Waals surface area contributed by atoms with Gasteiger partial charge in [-0.25, -0.2) is 0 Å². The van der Waals surface area contributed by atoms with Crippen LogP contribution in [0.25, 0.3) is 0 Å². The van der Waals surface area contributed by atoms with Crippen molar-refractivity contribution in [3.05, 3.63) is 11.7 Å². The first kappa shape index (κ1) is 9.61. The van der Waals surface area contributed by atoms with Crippen molar-refractivity contribution in [2.75, 3.05) is 6.54 Å². The Hall–Kier alpha value is -0.940. The van der Waals surface area contributed by atoms with Crippen LogP contribution >= 0.6 is 0 Å². The first-order valence-electron chi connectivity index (χ1n) is 5.03. The van der Waals surface area contributed by atoms with Gasteiger partial charge in [0.1, 0.15) is 0 Å². The zero-order chi connectivity index (χ0) is 9.97. The highest BCUT2D eigenvalue weighted by atomic mass is 16.5. The van der Waals surface area contributed by atoms with E-state index in [4.69, 9.17) is 4.52 Å². The molecule has 14 heavy (non-hydrogen) atoms. The average Bonchev–Trinajstić information content (AvgIpc) is 2.74. The topological polar surface area (TPSA) is 71.2 Å². The van der Waals surface area contributed by atoms with Crippen LogP contribution in [0, 0.1) is 0 Å². The maximum atomic E-state index is 9.32. The van der Waals surface area contributed by atoms with E-state index in [1.165, 1.54) is 0 Å². The van der Waals surface area contributed by atoms with Crippen molar-refractivity contribution in [1.82, 2.24) is 15.5 Å². The molecule has 1 aromatic rings. The quantitative estimate of drug-likeness (QED) is 0.734. The Morgan fingerprint density at radius 3 is 3.14 bits per heavy atom. The molecule has 0 aliphatic carbocycles. The minimum atomic E-state index is -0.290. The highest BCUT2D eigenvalue weighted by Crippen LogP contribution is 2.21. The lowest BCUT2D eigenvalue weighted by atomic mass is 10.2. The van der Waals surface area contributed by atoms with E-state index in [1.807, 2.05) is 0 Å². The highest BCUT2D eigenvalue weighted by molar-refractivity contribution is 4.97. The molecule has 2 heterocycles. The van der Waals surface area contributed by atoms with Crippen LogP contribution in [0.2, 0.25) is 0 Å². The van der Waals surface area contributed by atoms with Crippen LogP contribution in [0.4, 0.5) is 0 Å². The molecule has 1 aromatic heterocycles. The fourth-order valence-corrected chi connectivity index (χ4v) is 1.64.